The Morgan fingerprint density at radius 1 is 0.745 bits per heavy atom. The molecule has 2 rings (SSSR count). The lowest BCUT2D eigenvalue weighted by atomic mass is 10.2. The number of carboxylic acids is 1. The van der Waals surface area contributed by atoms with Crippen molar-refractivity contribution in [2.45, 2.75) is 25.3 Å². The highest BCUT2D eigenvalue weighted by Crippen LogP contribution is 2.02. The van der Waals surface area contributed by atoms with Crippen LogP contribution in [0.25, 0.3) is 0 Å². The van der Waals surface area contributed by atoms with Gasteiger partial charge in [-0.3, -0.25) is 0 Å². The fourth-order valence-electron chi connectivity index (χ4n) is 2.67. The molecule has 19 heteroatoms. The molecule has 0 aliphatic carbocycles. The van der Waals surface area contributed by atoms with Gasteiger partial charge in [-0.2, -0.15) is 0 Å². The second-order valence-corrected chi connectivity index (χ2v) is 10.9. The molecule has 0 unspecified atom stereocenters. The molecule has 16 nitrogen and oxygen atoms in total. The van der Waals surface area contributed by atoms with E-state index < -0.39 is 45.4 Å². The lowest BCUT2D eigenvalue weighted by Gasteiger charge is -2.15. The molecular weight excluding hydrogens is 687 g/mol. The Bertz CT molecular complexity index is 1130. The molecule has 0 saturated heterocycles. The molecule has 0 saturated carbocycles. The van der Waals surface area contributed by atoms with Crippen LogP contribution in [0.3, 0.4) is 0 Å². The lowest BCUT2D eigenvalue weighted by Crippen LogP contribution is -2.47. The molecule has 0 aromatic heterocycles. The van der Waals surface area contributed by atoms with Crippen molar-refractivity contribution in [3.8, 4) is 0 Å². The second kappa shape index (κ2) is 31.1. The van der Waals surface area contributed by atoms with Gasteiger partial charge in [-0.05, 0) is 11.1 Å². The van der Waals surface area contributed by atoms with Gasteiger partial charge >= 0.3 is 24.1 Å². The fraction of sp³-hybridized carbons (Fsp3) is 0.429. The zero-order chi connectivity index (χ0) is 35.9. The van der Waals surface area contributed by atoms with Crippen LogP contribution >= 0.6 is 21.4 Å². The number of methoxy groups -OCH3 is 2. The number of ether oxygens (including phenoxy) is 5. The van der Waals surface area contributed by atoms with E-state index in [0.717, 1.165) is 11.1 Å². The number of carbonyl (C=O) groups is 4. The molecule has 8 N–H and O–H groups in total. The number of carboxylic acid groups (broad SMARTS) is 1. The smallest absolute Gasteiger partial charge is 0.408 e. The number of benzene rings is 2. The molecule has 47 heavy (non-hydrogen) atoms. The number of nitrogens with one attached hydrogen (secondary N) is 2. The van der Waals surface area contributed by atoms with Crippen molar-refractivity contribution >= 4 is 54.7 Å². The van der Waals surface area contributed by atoms with E-state index in [1.807, 2.05) is 48.5 Å². The normalized spacial score (nSPS) is 11.0. The topological polar surface area (TPSA) is 248 Å². The lowest BCUT2D eigenvalue weighted by molar-refractivity contribution is -0.147. The highest BCUT2D eigenvalue weighted by molar-refractivity contribution is 8.26. The van der Waals surface area contributed by atoms with Crippen molar-refractivity contribution in [3.63, 3.8) is 0 Å². The number of aliphatic carboxylic acids is 1. The summed E-state index contributed by atoms with van der Waals surface area (Å²) in [6.45, 7) is 0.888. The first kappa shape index (κ1) is 45.6. The first-order valence-electron chi connectivity index (χ1n) is 13.5. The van der Waals surface area contributed by atoms with Crippen molar-refractivity contribution in [3.05, 3.63) is 71.8 Å². The van der Waals surface area contributed by atoms with Crippen LogP contribution in [-0.2, 0) is 55.7 Å². The quantitative estimate of drug-likeness (QED) is 0.0657. The van der Waals surface area contributed by atoms with E-state index in [0.29, 0.717) is 6.61 Å². The number of nitrogens with two attached hydrogens (primary N) is 2. The number of carbonyl (C=O) groups excluding carboxylic acids is 3. The van der Waals surface area contributed by atoms with Gasteiger partial charge in [-0.25, -0.2) is 23.4 Å². The van der Waals surface area contributed by atoms with E-state index in [4.69, 9.17) is 44.8 Å². The van der Waals surface area contributed by atoms with Crippen LogP contribution in [0, 0.1) is 0 Å². The standard InChI is InChI=1S/C14H20N2O5.C11H14N2O4.C3H8O2.Cl2OS/c1-19-7-8-20-13(17)12(9-15)16-14(18)21-10-11-5-3-2-4-6-11;12-6-9(10(14)15)13-11(16)17-7-8-4-2-1-3-5-8;1-5-3-2-4;1-4(2)3/h2-6,12H,7-10,15H2,1H3,(H,16,18);1-5,9H,6-7,12H2,(H,13,16)(H,14,15);4H,2-3H2,1H3;/t12-;9-;;/m11../s1. The Kier molecular flexibility index (Phi) is 30.1. The summed E-state index contributed by atoms with van der Waals surface area (Å²) < 4.78 is 33.0. The van der Waals surface area contributed by atoms with Crippen molar-refractivity contribution in [2.24, 2.45) is 11.5 Å². The predicted molar refractivity (Wildman–Crippen MR) is 174 cm³/mol. The van der Waals surface area contributed by atoms with Crippen molar-refractivity contribution in [1.82, 2.24) is 10.6 Å². The summed E-state index contributed by atoms with van der Waals surface area (Å²) in [4.78, 5) is 45.1. The van der Waals surface area contributed by atoms with Crippen LogP contribution in [0.15, 0.2) is 60.7 Å². The largest absolute Gasteiger partial charge is 0.480 e. The minimum Gasteiger partial charge on any atom is -0.480 e. The molecule has 266 valence electrons. The fourth-order valence-corrected chi connectivity index (χ4v) is 2.67. The predicted octanol–water partition coefficient (Wildman–Crippen LogP) is 1.42. The average molecular weight is 730 g/mol. The summed E-state index contributed by atoms with van der Waals surface area (Å²) in [5.74, 6) is -1.81. The van der Waals surface area contributed by atoms with E-state index >= 15 is 0 Å². The molecule has 0 aliphatic rings. The number of hydrogen-bond donors (Lipinski definition) is 6. The van der Waals surface area contributed by atoms with Gasteiger partial charge in [0.2, 0.25) is 9.23 Å². The number of hydrogen-bond acceptors (Lipinski definition) is 13. The SMILES string of the molecule is COCCO.COCCOC(=O)[C@@H](CN)NC(=O)OCc1ccccc1.NC[C@@H](NC(=O)OCc1ccccc1)C(=O)O.O=S(Cl)Cl. The van der Waals surface area contributed by atoms with Crippen molar-refractivity contribution < 1.29 is 57.3 Å². The van der Waals surface area contributed by atoms with E-state index in [2.05, 4.69) is 36.7 Å². The minimum absolute atomic E-state index is 0.0771. The second-order valence-electron chi connectivity index (χ2n) is 8.39. The van der Waals surface area contributed by atoms with E-state index in [1.54, 1.807) is 19.2 Å². The Labute approximate surface area is 284 Å². The molecule has 0 aliphatic heterocycles. The zero-order valence-corrected chi connectivity index (χ0v) is 28.2. The molecule has 2 aromatic carbocycles. The Hall–Kier alpha value is -3.55. The molecule has 0 radical (unpaired) electrons. The van der Waals surface area contributed by atoms with Crippen LogP contribution in [0.5, 0.6) is 0 Å². The maximum Gasteiger partial charge on any atom is 0.408 e. The Morgan fingerprint density at radius 3 is 1.47 bits per heavy atom. The number of rotatable bonds is 15. The van der Waals surface area contributed by atoms with Crippen LogP contribution in [-0.4, -0.2) is 104 Å². The van der Waals surface area contributed by atoms with Crippen molar-refractivity contribution in [1.29, 1.82) is 0 Å². The van der Waals surface area contributed by atoms with Gasteiger partial charge in [-0.1, -0.05) is 60.7 Å². The van der Waals surface area contributed by atoms with Gasteiger partial charge in [-0.15, -0.1) is 0 Å². The molecule has 0 heterocycles. The summed E-state index contributed by atoms with van der Waals surface area (Å²) in [6, 6.07) is 16.2. The zero-order valence-electron chi connectivity index (χ0n) is 25.9. The summed E-state index contributed by atoms with van der Waals surface area (Å²) >= 11 is 0. The first-order valence-corrected chi connectivity index (χ1v) is 16.3. The third-order valence-corrected chi connectivity index (χ3v) is 4.89. The van der Waals surface area contributed by atoms with Gasteiger partial charge in [0.1, 0.15) is 31.9 Å². The highest BCUT2D eigenvalue weighted by atomic mass is 36.0. The number of amides is 2. The number of aliphatic hydroxyl groups is 1. The molecule has 2 atom stereocenters. The van der Waals surface area contributed by atoms with E-state index in [-0.39, 0.29) is 46.1 Å². The van der Waals surface area contributed by atoms with Gasteiger partial charge < -0.3 is 56.0 Å². The van der Waals surface area contributed by atoms with Gasteiger partial charge in [0.05, 0.1) is 19.8 Å². The number of alkyl carbamates (subject to hydrolysis) is 2. The van der Waals surface area contributed by atoms with Crippen molar-refractivity contribution in [2.75, 3.05) is 53.7 Å². The summed E-state index contributed by atoms with van der Waals surface area (Å²) in [7, 11) is 10.4. The van der Waals surface area contributed by atoms with Crippen LogP contribution in [0.1, 0.15) is 11.1 Å². The molecular formula is C28H42Cl2N4O12S. The van der Waals surface area contributed by atoms with Crippen LogP contribution < -0.4 is 22.1 Å². The first-order chi connectivity index (χ1) is 22.4. The Morgan fingerprint density at radius 2 is 1.15 bits per heavy atom. The number of esters is 1. The van der Waals surface area contributed by atoms with Gasteiger partial charge in [0, 0.05) is 48.7 Å². The average Bonchev–Trinajstić information content (AvgIpc) is 3.05. The minimum atomic E-state index is -1.67. The van der Waals surface area contributed by atoms with E-state index in [9.17, 15) is 19.2 Å². The van der Waals surface area contributed by atoms with Gasteiger partial charge in [0.15, 0.2) is 0 Å². The van der Waals surface area contributed by atoms with Crippen LogP contribution in [0.2, 0.25) is 0 Å². The Balaban J connectivity index is 0. The van der Waals surface area contributed by atoms with Gasteiger partial charge in [0.25, 0.3) is 0 Å². The molecule has 0 fully saturated rings. The summed E-state index contributed by atoms with van der Waals surface area (Å²) in [5, 5.41) is 21.1. The summed E-state index contributed by atoms with van der Waals surface area (Å²) in [6.07, 6.45) is -1.52. The van der Waals surface area contributed by atoms with E-state index in [1.165, 1.54) is 7.11 Å². The number of halogens is 2. The molecule has 2 aromatic rings. The number of aliphatic hydroxyl groups excluding tert-OH is 1. The summed E-state index contributed by atoms with van der Waals surface area (Å²) in [5.41, 5.74) is 12.3. The third-order valence-electron chi connectivity index (χ3n) is 4.89. The maximum absolute atomic E-state index is 11.6. The van der Waals surface area contributed by atoms with Crippen LogP contribution in [0.4, 0.5) is 9.59 Å². The molecule has 0 spiro atoms. The third kappa shape index (κ3) is 28.4. The maximum atomic E-state index is 11.6. The monoisotopic (exact) mass is 728 g/mol. The molecule has 0 bridgehead atoms. The highest BCUT2D eigenvalue weighted by Gasteiger charge is 2.21. The molecule has 2 amide bonds.